The molecule has 1 atom stereocenters. The first-order chi connectivity index (χ1) is 16.6. The van der Waals surface area contributed by atoms with Crippen molar-refractivity contribution in [1.82, 2.24) is 0 Å². The molecule has 4 rings (SSSR count). The van der Waals surface area contributed by atoms with Gasteiger partial charge in [0.25, 0.3) is 0 Å². The van der Waals surface area contributed by atoms with Crippen LogP contribution in [0.3, 0.4) is 0 Å². The number of rotatable bonds is 9. The molecular formula is C26H28BrNO6. The normalized spacial score (nSPS) is 15.6. The van der Waals surface area contributed by atoms with Gasteiger partial charge in [-0.25, -0.2) is 0 Å². The van der Waals surface area contributed by atoms with Gasteiger partial charge >= 0.3 is 0 Å². The molecule has 1 aliphatic rings. The second-order valence-electron chi connectivity index (χ2n) is 7.79. The number of halogens is 1. The molecule has 0 aliphatic carbocycles. The van der Waals surface area contributed by atoms with Crippen LogP contribution in [0.25, 0.3) is 11.3 Å². The Hall–Kier alpha value is -2.81. The zero-order valence-corrected chi connectivity index (χ0v) is 21.1. The third-order valence-corrected chi connectivity index (χ3v) is 6.69. The minimum Gasteiger partial charge on any atom is -0.495 e. The summed E-state index contributed by atoms with van der Waals surface area (Å²) in [6, 6.07) is 15.1. The Morgan fingerprint density at radius 2 is 1.68 bits per heavy atom. The lowest BCUT2D eigenvalue weighted by Gasteiger charge is -2.30. The van der Waals surface area contributed by atoms with Gasteiger partial charge in [-0.3, -0.25) is 4.79 Å². The number of carbonyl (C=O) groups is 1. The predicted molar refractivity (Wildman–Crippen MR) is 133 cm³/mol. The molecule has 2 aromatic carbocycles. The van der Waals surface area contributed by atoms with Gasteiger partial charge in [0.15, 0.2) is 6.29 Å². The molecule has 1 aliphatic heterocycles. The minimum absolute atomic E-state index is 0.333. The summed E-state index contributed by atoms with van der Waals surface area (Å²) in [5.41, 5.74) is 1.17. The van der Waals surface area contributed by atoms with Crippen LogP contribution in [0.4, 0.5) is 5.69 Å². The van der Waals surface area contributed by atoms with Gasteiger partial charge in [0.1, 0.15) is 27.5 Å². The van der Waals surface area contributed by atoms with Gasteiger partial charge in [-0.1, -0.05) is 12.1 Å². The molecule has 0 amide bonds. The summed E-state index contributed by atoms with van der Waals surface area (Å²) in [7, 11) is 3.17. The number of ether oxygens (including phenoxy) is 4. The first kappa shape index (κ1) is 24.3. The van der Waals surface area contributed by atoms with Gasteiger partial charge in [0, 0.05) is 30.9 Å². The number of anilines is 1. The fraction of sp³-hybridized carbons (Fsp3) is 0.346. The minimum atomic E-state index is -1.36. The van der Waals surface area contributed by atoms with E-state index in [4.69, 9.17) is 23.4 Å². The number of aldehydes is 1. The standard InChI is InChI=1S/C26H28BrNO6/c1-4-33-26(17-29,19-5-7-20(8-6-19)28-11-13-32-14-12-28)24-10-9-21(34-24)18-15-22(30-2)25(27)23(16-18)31-3/h5-10,15-17H,4,11-14H2,1-3H3. The largest absolute Gasteiger partial charge is 0.495 e. The Bertz CT molecular complexity index is 1100. The second-order valence-corrected chi connectivity index (χ2v) is 8.58. The maximum Gasteiger partial charge on any atom is 0.205 e. The summed E-state index contributed by atoms with van der Waals surface area (Å²) >= 11 is 3.48. The van der Waals surface area contributed by atoms with Crippen LogP contribution in [0, 0.1) is 0 Å². The third-order valence-electron chi connectivity index (χ3n) is 5.91. The first-order valence-corrected chi connectivity index (χ1v) is 11.9. The summed E-state index contributed by atoms with van der Waals surface area (Å²) in [5, 5.41) is 0. The van der Waals surface area contributed by atoms with Crippen molar-refractivity contribution in [3.63, 3.8) is 0 Å². The lowest BCUT2D eigenvalue weighted by molar-refractivity contribution is -0.128. The molecule has 34 heavy (non-hydrogen) atoms. The van der Waals surface area contributed by atoms with Gasteiger partial charge in [0.05, 0.1) is 27.4 Å². The maximum atomic E-state index is 12.5. The molecule has 1 aromatic heterocycles. The Balaban J connectivity index is 1.71. The van der Waals surface area contributed by atoms with Crippen LogP contribution in [0.5, 0.6) is 11.5 Å². The Labute approximate surface area is 207 Å². The molecule has 1 unspecified atom stereocenters. The lowest BCUT2D eigenvalue weighted by atomic mass is 9.92. The molecule has 3 aromatic rings. The van der Waals surface area contributed by atoms with E-state index in [2.05, 4.69) is 20.8 Å². The fourth-order valence-electron chi connectivity index (χ4n) is 4.13. The number of methoxy groups -OCH3 is 2. The van der Waals surface area contributed by atoms with Gasteiger partial charge in [0.2, 0.25) is 5.60 Å². The van der Waals surface area contributed by atoms with E-state index in [9.17, 15) is 4.79 Å². The summed E-state index contributed by atoms with van der Waals surface area (Å²) in [6.45, 7) is 5.28. The van der Waals surface area contributed by atoms with E-state index in [-0.39, 0.29) is 0 Å². The van der Waals surface area contributed by atoms with Crippen LogP contribution in [0.1, 0.15) is 18.2 Å². The van der Waals surface area contributed by atoms with Crippen LogP contribution in [0.15, 0.2) is 57.4 Å². The van der Waals surface area contributed by atoms with Crippen molar-refractivity contribution in [2.75, 3.05) is 52.0 Å². The lowest BCUT2D eigenvalue weighted by Crippen LogP contribution is -2.36. The van der Waals surface area contributed by atoms with Crippen LogP contribution in [-0.2, 0) is 19.9 Å². The molecule has 0 radical (unpaired) electrons. The molecule has 2 heterocycles. The van der Waals surface area contributed by atoms with Crippen molar-refractivity contribution < 1.29 is 28.2 Å². The van der Waals surface area contributed by atoms with Crippen LogP contribution in [-0.4, -0.2) is 53.4 Å². The Morgan fingerprint density at radius 1 is 1.03 bits per heavy atom. The van der Waals surface area contributed by atoms with Crippen molar-refractivity contribution in [3.8, 4) is 22.8 Å². The molecule has 1 saturated heterocycles. The number of carbonyl (C=O) groups excluding carboxylic acids is 1. The number of morpholine rings is 1. The highest BCUT2D eigenvalue weighted by Crippen LogP contribution is 2.41. The van der Waals surface area contributed by atoms with E-state index in [1.54, 1.807) is 20.3 Å². The van der Waals surface area contributed by atoms with Crippen molar-refractivity contribution in [2.45, 2.75) is 12.5 Å². The quantitative estimate of drug-likeness (QED) is 0.359. The molecule has 180 valence electrons. The van der Waals surface area contributed by atoms with E-state index >= 15 is 0 Å². The van der Waals surface area contributed by atoms with Crippen LogP contribution < -0.4 is 14.4 Å². The summed E-state index contributed by atoms with van der Waals surface area (Å²) in [4.78, 5) is 14.8. The summed E-state index contributed by atoms with van der Waals surface area (Å²) in [5.74, 6) is 2.18. The average molecular weight is 530 g/mol. The van der Waals surface area contributed by atoms with Crippen molar-refractivity contribution >= 4 is 27.9 Å². The Morgan fingerprint density at radius 3 is 2.24 bits per heavy atom. The summed E-state index contributed by atoms with van der Waals surface area (Å²) in [6.07, 6.45) is 0.797. The number of nitrogens with zero attached hydrogens (tertiary/aromatic N) is 1. The molecule has 0 N–H and O–H groups in total. The first-order valence-electron chi connectivity index (χ1n) is 11.1. The molecular weight excluding hydrogens is 502 g/mol. The molecule has 0 saturated carbocycles. The topological polar surface area (TPSA) is 70.4 Å². The zero-order chi connectivity index (χ0) is 24.1. The maximum absolute atomic E-state index is 12.5. The van der Waals surface area contributed by atoms with Crippen molar-refractivity contribution in [1.29, 1.82) is 0 Å². The highest BCUT2D eigenvalue weighted by Gasteiger charge is 2.39. The monoisotopic (exact) mass is 529 g/mol. The molecule has 8 heteroatoms. The fourth-order valence-corrected chi connectivity index (χ4v) is 4.68. The predicted octanol–water partition coefficient (Wildman–Crippen LogP) is 5.04. The third kappa shape index (κ3) is 4.58. The van der Waals surface area contributed by atoms with Crippen LogP contribution >= 0.6 is 15.9 Å². The van der Waals surface area contributed by atoms with E-state index in [0.717, 1.165) is 30.6 Å². The SMILES string of the molecule is CCOC(C=O)(c1ccc(N2CCOCC2)cc1)c1ccc(-c2cc(OC)c(Br)c(OC)c2)o1. The molecule has 0 spiro atoms. The molecule has 7 nitrogen and oxygen atoms in total. The highest BCUT2D eigenvalue weighted by atomic mass is 79.9. The number of benzene rings is 2. The average Bonchev–Trinajstić information content (AvgIpc) is 3.39. The Kier molecular flexibility index (Phi) is 7.60. The number of hydrogen-bond donors (Lipinski definition) is 0. The van der Waals surface area contributed by atoms with E-state index in [0.29, 0.717) is 52.9 Å². The van der Waals surface area contributed by atoms with Crippen LogP contribution in [0.2, 0.25) is 0 Å². The molecule has 0 bridgehead atoms. The van der Waals surface area contributed by atoms with Crippen molar-refractivity contribution in [2.24, 2.45) is 0 Å². The summed E-state index contributed by atoms with van der Waals surface area (Å²) < 4.78 is 29.3. The number of furan rings is 1. The van der Waals surface area contributed by atoms with Crippen molar-refractivity contribution in [3.05, 3.63) is 64.3 Å². The zero-order valence-electron chi connectivity index (χ0n) is 19.5. The van der Waals surface area contributed by atoms with E-state index in [1.165, 1.54) is 0 Å². The smallest absolute Gasteiger partial charge is 0.205 e. The van der Waals surface area contributed by atoms with Gasteiger partial charge in [-0.05, 0) is 64.8 Å². The number of hydrogen-bond acceptors (Lipinski definition) is 7. The van der Waals surface area contributed by atoms with Gasteiger partial charge in [-0.2, -0.15) is 0 Å². The van der Waals surface area contributed by atoms with E-state index in [1.807, 2.05) is 49.4 Å². The second kappa shape index (κ2) is 10.6. The van der Waals surface area contributed by atoms with E-state index < -0.39 is 5.60 Å². The van der Waals surface area contributed by atoms with Gasteiger partial charge < -0.3 is 28.3 Å². The molecule has 1 fully saturated rings. The highest BCUT2D eigenvalue weighted by molar-refractivity contribution is 9.10. The van der Waals surface area contributed by atoms with Gasteiger partial charge in [-0.15, -0.1) is 0 Å².